The van der Waals surface area contributed by atoms with E-state index >= 15 is 0 Å². The quantitative estimate of drug-likeness (QED) is 0.212. The molecular formula is C97H190. The van der Waals surface area contributed by atoms with Crippen LogP contribution in [0.1, 0.15) is 432 Å². The van der Waals surface area contributed by atoms with Crippen molar-refractivity contribution in [2.45, 2.75) is 432 Å². The summed E-state index contributed by atoms with van der Waals surface area (Å²) in [6.07, 6.45) is 70.7. The molecule has 0 aliphatic heterocycles. The van der Waals surface area contributed by atoms with Crippen LogP contribution in [0.4, 0.5) is 0 Å². The van der Waals surface area contributed by atoms with Gasteiger partial charge in [-0.25, -0.2) is 0 Å². The van der Waals surface area contributed by atoms with Crippen molar-refractivity contribution >= 4 is 0 Å². The minimum absolute atomic E-state index is 0. The van der Waals surface area contributed by atoms with Crippen molar-refractivity contribution in [3.8, 4) is 0 Å². The number of hydrogen-bond acceptors (Lipinski definition) is 0. The normalized spacial score (nSPS) is 42.1. The summed E-state index contributed by atoms with van der Waals surface area (Å²) in [5, 5.41) is 0. The number of hydrogen-bond donors (Lipinski definition) is 0. The summed E-state index contributed by atoms with van der Waals surface area (Å²) in [4.78, 5) is 0. The maximum absolute atomic E-state index is 2.49. The standard InChI is InChI=1S/C11H20.C10H16.C10H14.C9H16.C8H8.2C8H14.C7H12.C6H10.7C2H6.6CH4/c1-9-5-7-10(8-6-9)11(2,3)4;1-7-2-9-4-8(1)5-10(3-7)6-9;1-2-9-7-4-5-8(6-7)10(9)3-1;1-3-8-5-2-6-9(4-1)7-8;1-2-5-3(1)7-4(1)6(2)8(5)7;1-2-8-5-3-7(1)4-6-8;1-2-7-4-5-8(3-1)6-7;1-2-7-4-3-6(1)5-7;1-2-6-3-5(1)4-6;7*1-2;;;;;;/h5,10H,6-8H2,1-4H3;7-10H,1-6H2;1-2,7-10H,3-6H2;8-9H,1-7H2;1-8H;2*7-8H,1-6H2;6-7H,1-5H2;5-6H,1-4H2;7*1-2H3;6*1H4. The molecule has 0 spiro atoms. The molecule has 97 heavy (non-hydrogen) atoms. The highest BCUT2D eigenvalue weighted by molar-refractivity contribution is 5.44. The van der Waals surface area contributed by atoms with Crippen LogP contribution in [0.5, 0.6) is 0 Å². The van der Waals surface area contributed by atoms with Gasteiger partial charge in [0.1, 0.15) is 0 Å². The average Bonchev–Trinajstić information content (AvgIpc) is 1.04. The predicted molar refractivity (Wildman–Crippen MR) is 446 cm³/mol. The number of fused-ring (bicyclic) bond motifs is 15. The fraction of sp³-hybridized carbons (Fsp3) is 0.959. The Morgan fingerprint density at radius 1 is 0.268 bits per heavy atom. The second kappa shape index (κ2) is 47.8. The van der Waals surface area contributed by atoms with Crippen molar-refractivity contribution < 1.29 is 0 Å². The molecule has 7 atom stereocenters. The monoisotopic (exact) mass is 1360 g/mol. The molecule has 16 bridgehead atoms. The predicted octanol–water partition coefficient (Wildman–Crippen LogP) is 33.4. The Kier molecular flexibility index (Phi) is 46.6. The molecule has 26 aliphatic rings. The zero-order valence-corrected chi connectivity index (χ0v) is 65.3. The van der Waals surface area contributed by atoms with E-state index in [0.29, 0.717) is 5.41 Å². The van der Waals surface area contributed by atoms with Gasteiger partial charge < -0.3 is 0 Å². The van der Waals surface area contributed by atoms with Gasteiger partial charge in [0.25, 0.3) is 0 Å². The molecule has 0 aromatic heterocycles. The molecule has 0 aromatic rings. The SMILES string of the molecule is C.C.C.C.C.C.C12C3C4C1C1C2C3C41.C1=CC2C3CCC(C3)C2C1.C1C2CC3CC1CC(C2)C3.C1CC2CC1C2.C1CC2CCC(C1)C2.C1CC2CCC1C2.C1CC2CCC1CC2.C1CC2CCCC(C1)C2.CC.CC.CC.CC.CC.CC.CC.CC1=CCC(C(C)(C)C)CC1. The molecule has 0 aromatic carbocycles. The van der Waals surface area contributed by atoms with E-state index in [1.54, 1.807) is 217 Å². The molecule has 0 heteroatoms. The van der Waals surface area contributed by atoms with Crippen LogP contribution in [0.3, 0.4) is 0 Å². The summed E-state index contributed by atoms with van der Waals surface area (Å²) in [6.45, 7) is 37.3. The van der Waals surface area contributed by atoms with Gasteiger partial charge >= 0.3 is 0 Å². The van der Waals surface area contributed by atoms with E-state index in [9.17, 15) is 0 Å². The molecule has 26 rings (SSSR count). The van der Waals surface area contributed by atoms with Crippen LogP contribution in [-0.2, 0) is 0 Å². The number of rotatable bonds is 0. The van der Waals surface area contributed by atoms with Gasteiger partial charge in [-0.15, -0.1) is 0 Å². The molecule has 7 unspecified atom stereocenters. The molecule has 24 saturated carbocycles. The minimum atomic E-state index is 0. The van der Waals surface area contributed by atoms with Crippen molar-refractivity contribution in [2.75, 3.05) is 0 Å². The third-order valence-corrected chi connectivity index (χ3v) is 30.0. The largest absolute Gasteiger partial charge is 0.0879 e. The molecule has 0 saturated heterocycles. The van der Waals surface area contributed by atoms with Crippen LogP contribution >= 0.6 is 0 Å². The summed E-state index contributed by atoms with van der Waals surface area (Å²) in [5.74, 6) is 32.3. The van der Waals surface area contributed by atoms with Crippen molar-refractivity contribution in [3.05, 3.63) is 23.8 Å². The Bertz CT molecular complexity index is 1710. The highest BCUT2D eigenvalue weighted by Gasteiger charge is 2.97. The zero-order valence-electron chi connectivity index (χ0n) is 65.3. The van der Waals surface area contributed by atoms with Gasteiger partial charge in [0.2, 0.25) is 0 Å². The van der Waals surface area contributed by atoms with Gasteiger partial charge in [-0.3, -0.25) is 0 Å². The first-order valence-corrected chi connectivity index (χ1v) is 43.9. The first-order chi connectivity index (χ1) is 44.6. The van der Waals surface area contributed by atoms with Crippen LogP contribution in [0.2, 0.25) is 0 Å². The molecule has 578 valence electrons. The third kappa shape index (κ3) is 23.7. The molecule has 0 radical (unpaired) electrons. The topological polar surface area (TPSA) is 0 Å². The van der Waals surface area contributed by atoms with E-state index in [1.807, 2.05) is 96.9 Å². The van der Waals surface area contributed by atoms with E-state index in [4.69, 9.17) is 0 Å². The summed E-state index contributed by atoms with van der Waals surface area (Å²) in [6, 6.07) is 0. The van der Waals surface area contributed by atoms with Gasteiger partial charge in [0, 0.05) is 0 Å². The van der Waals surface area contributed by atoms with Crippen molar-refractivity contribution in [1.82, 2.24) is 0 Å². The Morgan fingerprint density at radius 2 is 0.526 bits per heavy atom. The van der Waals surface area contributed by atoms with Crippen molar-refractivity contribution in [2.24, 2.45) is 165 Å². The van der Waals surface area contributed by atoms with Crippen molar-refractivity contribution in [3.63, 3.8) is 0 Å². The Hall–Kier alpha value is -0.520. The lowest BCUT2D eigenvalue weighted by Gasteiger charge is -3.03. The molecule has 26 aliphatic carbocycles. The summed E-state index contributed by atoms with van der Waals surface area (Å²) in [5.41, 5.74) is 2.10. The van der Waals surface area contributed by atoms with E-state index in [0.717, 1.165) is 65.1 Å². The van der Waals surface area contributed by atoms with Gasteiger partial charge in [0.15, 0.2) is 0 Å². The molecule has 0 nitrogen and oxygen atoms in total. The zero-order chi connectivity index (χ0) is 65.8. The van der Waals surface area contributed by atoms with Gasteiger partial charge in [0.05, 0.1) is 0 Å². The van der Waals surface area contributed by atoms with Crippen LogP contribution in [0.25, 0.3) is 0 Å². The van der Waals surface area contributed by atoms with E-state index < -0.39 is 0 Å². The lowest BCUT2D eigenvalue weighted by Crippen LogP contribution is -3.00. The second-order valence-electron chi connectivity index (χ2n) is 35.3. The summed E-state index contributed by atoms with van der Waals surface area (Å²) in [7, 11) is 0. The molecule has 0 heterocycles. The van der Waals surface area contributed by atoms with Crippen LogP contribution in [0, 0.1) is 165 Å². The average molecular weight is 1360 g/mol. The van der Waals surface area contributed by atoms with E-state index in [-0.39, 0.29) is 44.6 Å². The maximum Gasteiger partial charge on any atom is -0.0171 e. The molecule has 24 fully saturated rings. The second-order valence-corrected chi connectivity index (χ2v) is 35.3. The fourth-order valence-corrected chi connectivity index (χ4v) is 25.8. The van der Waals surface area contributed by atoms with Crippen LogP contribution in [-0.4, -0.2) is 0 Å². The van der Waals surface area contributed by atoms with Crippen LogP contribution < -0.4 is 0 Å². The van der Waals surface area contributed by atoms with E-state index in [1.165, 1.54) is 146 Å². The first-order valence-electron chi connectivity index (χ1n) is 43.9. The van der Waals surface area contributed by atoms with Crippen LogP contribution in [0.15, 0.2) is 23.8 Å². The molecular weight excluding hydrogens is 1170 g/mol. The lowest BCUT2D eigenvalue weighted by atomic mass is 9.01. The Morgan fingerprint density at radius 3 is 0.763 bits per heavy atom. The maximum atomic E-state index is 2.49. The van der Waals surface area contributed by atoms with Gasteiger partial charge in [-0.2, -0.15) is 0 Å². The highest BCUT2D eigenvalue weighted by Crippen LogP contribution is 3.01. The third-order valence-electron chi connectivity index (χ3n) is 30.0. The fourth-order valence-electron chi connectivity index (χ4n) is 25.8. The lowest BCUT2D eigenvalue weighted by molar-refractivity contribution is -0.565. The Labute approximate surface area is 617 Å². The Balaban J connectivity index is 0.000000531. The summed E-state index contributed by atoms with van der Waals surface area (Å²) < 4.78 is 0. The van der Waals surface area contributed by atoms with Gasteiger partial charge in [-0.05, 0) is 288 Å². The number of allylic oxidation sites excluding steroid dienone is 4. The van der Waals surface area contributed by atoms with Gasteiger partial charge in [-0.1, -0.05) is 334 Å². The summed E-state index contributed by atoms with van der Waals surface area (Å²) >= 11 is 0. The first kappa shape index (κ1) is 94.5. The highest BCUT2D eigenvalue weighted by atomic mass is 15.0. The molecule has 0 N–H and O–H groups in total. The minimum Gasteiger partial charge on any atom is -0.0879 e. The van der Waals surface area contributed by atoms with Crippen molar-refractivity contribution in [1.29, 1.82) is 0 Å². The molecule has 0 amide bonds. The smallest absolute Gasteiger partial charge is 0.0171 e. The van der Waals surface area contributed by atoms with E-state index in [2.05, 4.69) is 45.9 Å².